The van der Waals surface area contributed by atoms with Crippen molar-refractivity contribution in [2.24, 2.45) is 0 Å². The van der Waals surface area contributed by atoms with E-state index in [0.29, 0.717) is 24.0 Å². The van der Waals surface area contributed by atoms with Crippen LogP contribution in [0.3, 0.4) is 0 Å². The molecule has 1 unspecified atom stereocenters. The van der Waals surface area contributed by atoms with Crippen molar-refractivity contribution < 1.29 is 33.4 Å². The minimum atomic E-state index is -2.22. The number of Topliss-reactive ketones (excluding diaryl/α,β-unsaturated/α-hetero) is 1. The van der Waals surface area contributed by atoms with Gasteiger partial charge >= 0.3 is 5.97 Å². The van der Waals surface area contributed by atoms with Crippen molar-refractivity contribution in [3.8, 4) is 5.75 Å². The first kappa shape index (κ1) is 39.2. The number of ether oxygens (including phenoxy) is 2. The van der Waals surface area contributed by atoms with Crippen molar-refractivity contribution in [3.05, 3.63) is 30.3 Å². The minimum Gasteiger partial charge on any atom is -0.484 e. The molecule has 2 fully saturated rings. The average Bonchev–Trinajstić information content (AvgIpc) is 3.48. The van der Waals surface area contributed by atoms with Crippen LogP contribution in [0, 0.1) is 0 Å². The molecule has 262 valence electrons. The van der Waals surface area contributed by atoms with Crippen LogP contribution in [-0.4, -0.2) is 92.1 Å². The number of likely N-dealkylation sites (tertiary alicyclic amines) is 1. The number of thioether (sulfide) groups is 2. The van der Waals surface area contributed by atoms with E-state index < -0.39 is 41.0 Å². The summed E-state index contributed by atoms with van der Waals surface area (Å²) in [5.74, 6) is -0.814. The van der Waals surface area contributed by atoms with E-state index in [-0.39, 0.29) is 29.2 Å². The summed E-state index contributed by atoms with van der Waals surface area (Å²) in [7, 11) is 0. The lowest BCUT2D eigenvalue weighted by atomic mass is 10.1. The van der Waals surface area contributed by atoms with E-state index in [0.717, 1.165) is 68.8 Å². The predicted octanol–water partition coefficient (Wildman–Crippen LogP) is 6.33. The van der Waals surface area contributed by atoms with Crippen LogP contribution in [-0.2, 0) is 28.7 Å². The van der Waals surface area contributed by atoms with E-state index in [1.165, 1.54) is 11.8 Å². The third kappa shape index (κ3) is 11.1. The smallest absolute Gasteiger partial charge is 0.355 e. The largest absolute Gasteiger partial charge is 0.484 e. The van der Waals surface area contributed by atoms with Crippen LogP contribution >= 0.6 is 30.4 Å². The highest BCUT2D eigenvalue weighted by atomic mass is 32.2. The molecule has 9 nitrogen and oxygen atoms in total. The number of unbranched alkanes of at least 4 members (excludes halogenated alkanes) is 3. The fourth-order valence-corrected chi connectivity index (χ4v) is 13.4. The molecule has 2 amide bonds. The van der Waals surface area contributed by atoms with Gasteiger partial charge in [-0.2, -0.15) is 0 Å². The second kappa shape index (κ2) is 18.5. The zero-order valence-electron chi connectivity index (χ0n) is 28.9. The molecule has 0 saturated carbocycles. The molecule has 3 rings (SSSR count). The SMILES string of the molecule is CCCCP(CCCC)(CCCC)=C(C(=O)OC(C)(C)C)N1C(=O)[C@@H](NC(=O)COc2ccccc2)[C@H]1SCC(=O)C1CCC(=O)S1. The molecule has 47 heavy (non-hydrogen) atoms. The lowest BCUT2D eigenvalue weighted by Crippen LogP contribution is -2.72. The number of hydrogen-bond donors (Lipinski definition) is 1. The zero-order valence-corrected chi connectivity index (χ0v) is 31.4. The Labute approximate surface area is 289 Å². The fraction of sp³-hybridized carbons (Fsp3) is 0.657. The van der Waals surface area contributed by atoms with Gasteiger partial charge in [0.2, 0.25) is 0 Å². The Morgan fingerprint density at radius 3 is 2.09 bits per heavy atom. The molecule has 12 heteroatoms. The molecule has 2 heterocycles. The summed E-state index contributed by atoms with van der Waals surface area (Å²) in [5.41, 5.74) is -0.325. The maximum absolute atomic E-state index is 14.3. The number of nitrogens with zero attached hydrogens (tertiary/aromatic N) is 1. The number of β-lactam (4-membered cyclic amide) rings is 1. The monoisotopic (exact) mass is 708 g/mol. The van der Waals surface area contributed by atoms with Gasteiger partial charge in [-0.05, 0) is 77.1 Å². The van der Waals surface area contributed by atoms with Crippen molar-refractivity contribution >= 4 is 64.5 Å². The third-order valence-corrected chi connectivity index (χ3v) is 15.5. The maximum atomic E-state index is 14.3. The number of carbonyl (C=O) groups is 5. The van der Waals surface area contributed by atoms with Crippen molar-refractivity contribution in [3.63, 3.8) is 0 Å². The fourth-order valence-electron chi connectivity index (χ4n) is 5.77. The Morgan fingerprint density at radius 1 is 0.979 bits per heavy atom. The minimum absolute atomic E-state index is 0.00950. The molecular weight excluding hydrogens is 656 g/mol. The van der Waals surface area contributed by atoms with Gasteiger partial charge in [0.1, 0.15) is 28.2 Å². The number of hydrogen-bond acceptors (Lipinski definition) is 9. The summed E-state index contributed by atoms with van der Waals surface area (Å²) in [6, 6.07) is 8.00. The molecule has 0 bridgehead atoms. The standard InChI is InChI=1S/C35H53N2O7PS2/c1-7-10-20-45(21-11-8-2,22-12-9-3)32(34(42)44-35(4,5)6)37-31(41)30(36-28(39)23-43-25-16-14-13-15-17-25)33(37)46-24-26(38)27-18-19-29(40)47-27/h13-17,27,30,33H,7-12,18-24H2,1-6H3,(H,36,39)/t27?,30-,33-/m1/s1. The van der Waals surface area contributed by atoms with Crippen LogP contribution in [0.25, 0.3) is 0 Å². The number of esters is 1. The molecule has 0 aliphatic carbocycles. The highest BCUT2D eigenvalue weighted by Gasteiger charge is 2.54. The summed E-state index contributed by atoms with van der Waals surface area (Å²) < 4.78 is 11.7. The summed E-state index contributed by atoms with van der Waals surface area (Å²) in [5, 5.41) is 1.76. The predicted molar refractivity (Wildman–Crippen MR) is 195 cm³/mol. The van der Waals surface area contributed by atoms with Gasteiger partial charge in [-0.25, -0.2) is 4.79 Å². The first-order chi connectivity index (χ1) is 22.4. The van der Waals surface area contributed by atoms with Gasteiger partial charge in [0.25, 0.3) is 11.8 Å². The first-order valence-corrected chi connectivity index (χ1v) is 21.2. The Hall–Kier alpha value is -2.23. The van der Waals surface area contributed by atoms with E-state index in [9.17, 15) is 24.0 Å². The summed E-state index contributed by atoms with van der Waals surface area (Å²) in [6.45, 7) is 9.37. The molecule has 2 aliphatic rings. The van der Waals surface area contributed by atoms with Crippen LogP contribution < -0.4 is 10.1 Å². The van der Waals surface area contributed by atoms with Crippen LogP contribution in [0.5, 0.6) is 5.75 Å². The van der Waals surface area contributed by atoms with E-state index >= 15 is 0 Å². The van der Waals surface area contributed by atoms with Crippen molar-refractivity contribution in [2.75, 3.05) is 30.8 Å². The average molecular weight is 709 g/mol. The van der Waals surface area contributed by atoms with Gasteiger partial charge in [0.05, 0.1) is 11.0 Å². The molecule has 1 N–H and O–H groups in total. The van der Waals surface area contributed by atoms with Gasteiger partial charge in [-0.1, -0.05) is 76.9 Å². The van der Waals surface area contributed by atoms with Crippen LogP contribution in [0.1, 0.15) is 92.9 Å². The molecular formula is C35H53N2O7PS2. The lowest BCUT2D eigenvalue weighted by Gasteiger charge is -2.49. The van der Waals surface area contributed by atoms with Gasteiger partial charge in [0.15, 0.2) is 17.5 Å². The molecule has 0 spiro atoms. The van der Waals surface area contributed by atoms with E-state index in [2.05, 4.69) is 26.1 Å². The highest BCUT2D eigenvalue weighted by Crippen LogP contribution is 2.54. The Kier molecular flexibility index (Phi) is 15.4. The van der Waals surface area contributed by atoms with Gasteiger partial charge in [0, 0.05) is 6.42 Å². The van der Waals surface area contributed by atoms with Crippen molar-refractivity contribution in [2.45, 2.75) is 115 Å². The number of nitrogens with one attached hydrogen (secondary N) is 1. The normalized spacial score (nSPS) is 19.7. The number of amides is 2. The van der Waals surface area contributed by atoms with Gasteiger partial charge in [-0.15, -0.1) is 11.8 Å². The lowest BCUT2D eigenvalue weighted by molar-refractivity contribution is -0.151. The molecule has 0 radical (unpaired) electrons. The van der Waals surface area contributed by atoms with E-state index in [1.807, 2.05) is 26.8 Å². The third-order valence-electron chi connectivity index (χ3n) is 8.19. The zero-order chi connectivity index (χ0) is 34.6. The number of rotatable bonds is 19. The van der Waals surface area contributed by atoms with Crippen LogP contribution in [0.4, 0.5) is 0 Å². The quantitative estimate of drug-likeness (QED) is 0.0999. The second-order valence-electron chi connectivity index (χ2n) is 13.2. The molecule has 1 aromatic rings. The molecule has 1 aromatic carbocycles. The first-order valence-electron chi connectivity index (χ1n) is 17.0. The molecule has 3 atom stereocenters. The Bertz CT molecular complexity index is 1290. The number of benzene rings is 1. The molecule has 0 aromatic heterocycles. The number of ketones is 1. The van der Waals surface area contributed by atoms with E-state index in [1.54, 1.807) is 29.2 Å². The highest BCUT2D eigenvalue weighted by molar-refractivity contribution is 8.15. The Balaban J connectivity index is 2.05. The van der Waals surface area contributed by atoms with Crippen LogP contribution in [0.2, 0.25) is 0 Å². The van der Waals surface area contributed by atoms with Crippen molar-refractivity contribution in [1.29, 1.82) is 0 Å². The van der Waals surface area contributed by atoms with Gasteiger partial charge in [-0.3, -0.25) is 24.1 Å². The topological polar surface area (TPSA) is 119 Å². The van der Waals surface area contributed by atoms with E-state index in [4.69, 9.17) is 9.47 Å². The second-order valence-corrected chi connectivity index (χ2v) is 19.7. The summed E-state index contributed by atoms with van der Waals surface area (Å²) in [4.78, 5) is 68.3. The maximum Gasteiger partial charge on any atom is 0.355 e. The number of para-hydroxylation sites is 1. The number of carbonyl (C=O) groups excluding carboxylic acids is 5. The van der Waals surface area contributed by atoms with Crippen LogP contribution in [0.15, 0.2) is 30.3 Å². The summed E-state index contributed by atoms with van der Waals surface area (Å²) >= 11 is 2.33. The Morgan fingerprint density at radius 2 is 1.57 bits per heavy atom. The van der Waals surface area contributed by atoms with Gasteiger partial charge < -0.3 is 14.8 Å². The molecule has 2 saturated heterocycles. The molecule has 2 aliphatic heterocycles. The summed E-state index contributed by atoms with van der Waals surface area (Å²) in [6.07, 6.45) is 9.03. The van der Waals surface area contributed by atoms with Crippen molar-refractivity contribution in [1.82, 2.24) is 10.2 Å².